The van der Waals surface area contributed by atoms with Crippen molar-refractivity contribution in [3.63, 3.8) is 0 Å². The molecule has 0 heterocycles. The SMILES string of the molecule is CC(C)(C)/[C]=N\OCc1ccccc1C(F)F. The van der Waals surface area contributed by atoms with Crippen LogP contribution in [0.25, 0.3) is 0 Å². The summed E-state index contributed by atoms with van der Waals surface area (Å²) in [7, 11) is 0. The Morgan fingerprint density at radius 2 is 1.94 bits per heavy atom. The second-order valence-electron chi connectivity index (χ2n) is 4.73. The van der Waals surface area contributed by atoms with E-state index in [-0.39, 0.29) is 17.6 Å². The second-order valence-corrected chi connectivity index (χ2v) is 4.73. The molecule has 0 saturated heterocycles. The van der Waals surface area contributed by atoms with Crippen LogP contribution in [0.3, 0.4) is 0 Å². The van der Waals surface area contributed by atoms with E-state index in [9.17, 15) is 8.78 Å². The quantitative estimate of drug-likeness (QED) is 0.574. The summed E-state index contributed by atoms with van der Waals surface area (Å²) in [5.41, 5.74) is 0.225. The molecule has 1 rings (SSSR count). The number of alkyl halides is 2. The zero-order valence-corrected chi connectivity index (χ0v) is 10.2. The molecule has 93 valence electrons. The first-order chi connectivity index (χ1) is 7.90. The molecule has 0 saturated carbocycles. The summed E-state index contributed by atoms with van der Waals surface area (Å²) in [6.45, 7) is 5.80. The summed E-state index contributed by atoms with van der Waals surface area (Å²) in [6.07, 6.45) is 0.261. The van der Waals surface area contributed by atoms with Crippen molar-refractivity contribution in [1.82, 2.24) is 0 Å². The molecule has 1 aromatic rings. The van der Waals surface area contributed by atoms with Crippen molar-refractivity contribution < 1.29 is 13.6 Å². The molecule has 17 heavy (non-hydrogen) atoms. The molecule has 0 bridgehead atoms. The minimum Gasteiger partial charge on any atom is -0.391 e. The lowest BCUT2D eigenvalue weighted by Crippen LogP contribution is -2.06. The minimum atomic E-state index is -2.50. The van der Waals surface area contributed by atoms with Gasteiger partial charge in [0, 0.05) is 16.5 Å². The van der Waals surface area contributed by atoms with Crippen LogP contribution in [0.15, 0.2) is 29.4 Å². The molecule has 0 aliphatic carbocycles. The van der Waals surface area contributed by atoms with Crippen LogP contribution in [0.2, 0.25) is 0 Å². The van der Waals surface area contributed by atoms with Gasteiger partial charge in [-0.2, -0.15) is 0 Å². The summed E-state index contributed by atoms with van der Waals surface area (Å²) in [6, 6.07) is 6.27. The molecule has 0 aromatic heterocycles. The van der Waals surface area contributed by atoms with Crippen LogP contribution in [0.4, 0.5) is 8.78 Å². The summed E-state index contributed by atoms with van der Waals surface area (Å²) in [5, 5.41) is 3.64. The van der Waals surface area contributed by atoms with Gasteiger partial charge in [-0.05, 0) is 0 Å². The van der Waals surface area contributed by atoms with Crippen LogP contribution >= 0.6 is 0 Å². The number of rotatable bonds is 4. The first-order valence-electron chi connectivity index (χ1n) is 5.35. The van der Waals surface area contributed by atoms with Crippen LogP contribution in [0.5, 0.6) is 0 Å². The number of nitrogens with zero attached hydrogens (tertiary/aromatic N) is 1. The highest BCUT2D eigenvalue weighted by atomic mass is 19.3. The van der Waals surface area contributed by atoms with E-state index in [2.05, 4.69) is 11.4 Å². The summed E-state index contributed by atoms with van der Waals surface area (Å²) in [4.78, 5) is 4.97. The van der Waals surface area contributed by atoms with Crippen molar-refractivity contribution in [2.24, 2.45) is 10.6 Å². The Balaban J connectivity index is 2.61. The topological polar surface area (TPSA) is 21.6 Å². The third kappa shape index (κ3) is 4.93. The molecule has 1 radical (unpaired) electrons. The molecule has 0 unspecified atom stereocenters. The van der Waals surface area contributed by atoms with Gasteiger partial charge in [0.05, 0.1) is 0 Å². The van der Waals surface area contributed by atoms with E-state index in [1.807, 2.05) is 20.8 Å². The lowest BCUT2D eigenvalue weighted by atomic mass is 10.00. The highest BCUT2D eigenvalue weighted by Crippen LogP contribution is 2.23. The Kier molecular flexibility index (Phi) is 4.61. The largest absolute Gasteiger partial charge is 0.391 e. The fourth-order valence-electron chi connectivity index (χ4n) is 1.15. The van der Waals surface area contributed by atoms with Gasteiger partial charge in [-0.25, -0.2) is 8.78 Å². The first-order valence-corrected chi connectivity index (χ1v) is 5.35. The lowest BCUT2D eigenvalue weighted by Gasteiger charge is -2.09. The second kappa shape index (κ2) is 5.75. The van der Waals surface area contributed by atoms with E-state index < -0.39 is 6.43 Å². The summed E-state index contributed by atoms with van der Waals surface area (Å²) >= 11 is 0. The molecule has 2 nitrogen and oxygen atoms in total. The third-order valence-corrected chi connectivity index (χ3v) is 1.96. The highest BCUT2D eigenvalue weighted by Gasteiger charge is 2.12. The van der Waals surface area contributed by atoms with E-state index in [0.29, 0.717) is 5.56 Å². The highest BCUT2D eigenvalue weighted by molar-refractivity contribution is 5.63. The molecule has 0 fully saturated rings. The molecule has 0 aliphatic rings. The van der Waals surface area contributed by atoms with Gasteiger partial charge >= 0.3 is 0 Å². The maximum atomic E-state index is 12.6. The van der Waals surface area contributed by atoms with Crippen LogP contribution in [0.1, 0.15) is 38.3 Å². The van der Waals surface area contributed by atoms with E-state index in [4.69, 9.17) is 4.84 Å². The molecule has 0 atom stereocenters. The van der Waals surface area contributed by atoms with Crippen LogP contribution in [-0.4, -0.2) is 6.21 Å². The van der Waals surface area contributed by atoms with Gasteiger partial charge in [0.2, 0.25) is 0 Å². The maximum absolute atomic E-state index is 12.6. The summed E-state index contributed by atoms with van der Waals surface area (Å²) < 4.78 is 25.2. The van der Waals surface area contributed by atoms with Crippen molar-refractivity contribution in [1.29, 1.82) is 0 Å². The van der Waals surface area contributed by atoms with E-state index >= 15 is 0 Å². The average Bonchev–Trinajstić information content (AvgIpc) is 2.23. The summed E-state index contributed by atoms with van der Waals surface area (Å²) in [5.74, 6) is 0. The van der Waals surface area contributed by atoms with Gasteiger partial charge in [0.15, 0.2) is 0 Å². The van der Waals surface area contributed by atoms with E-state index in [0.717, 1.165) is 0 Å². The maximum Gasteiger partial charge on any atom is 0.264 e. The zero-order valence-electron chi connectivity index (χ0n) is 10.2. The average molecular weight is 240 g/mol. The molecule has 1 aromatic carbocycles. The molecule has 0 amide bonds. The number of hydrogen-bond acceptors (Lipinski definition) is 2. The van der Waals surface area contributed by atoms with E-state index in [1.54, 1.807) is 18.2 Å². The fourth-order valence-corrected chi connectivity index (χ4v) is 1.15. The first kappa shape index (κ1) is 13.6. The predicted octanol–water partition coefficient (Wildman–Crippen LogP) is 4.05. The molecular formula is C13H16F2NO. The third-order valence-electron chi connectivity index (χ3n) is 1.96. The molecule has 0 aliphatic heterocycles. The van der Waals surface area contributed by atoms with Crippen LogP contribution in [0, 0.1) is 5.41 Å². The van der Waals surface area contributed by atoms with Gasteiger partial charge in [-0.1, -0.05) is 50.2 Å². The standard InChI is InChI=1S/C13H16F2NO/c1-13(2,3)9-16-17-8-10-6-4-5-7-11(10)12(14)15/h4-7,12H,8H2,1-3H3. The number of hydrogen-bond donors (Lipinski definition) is 0. The van der Waals surface area contributed by atoms with Crippen molar-refractivity contribution in [2.75, 3.05) is 0 Å². The van der Waals surface area contributed by atoms with Crippen molar-refractivity contribution in [3.8, 4) is 0 Å². The van der Waals surface area contributed by atoms with Gasteiger partial charge in [0.1, 0.15) is 12.8 Å². The zero-order chi connectivity index (χ0) is 12.9. The van der Waals surface area contributed by atoms with Crippen molar-refractivity contribution >= 4 is 6.21 Å². The van der Waals surface area contributed by atoms with Crippen molar-refractivity contribution in [2.45, 2.75) is 33.8 Å². The molecular weight excluding hydrogens is 224 g/mol. The Morgan fingerprint density at radius 1 is 1.29 bits per heavy atom. The Morgan fingerprint density at radius 3 is 2.53 bits per heavy atom. The lowest BCUT2D eigenvalue weighted by molar-refractivity contribution is 0.118. The Labute approximate surface area is 100 Å². The van der Waals surface area contributed by atoms with Gasteiger partial charge in [-0.3, -0.25) is 0 Å². The number of benzene rings is 1. The van der Waals surface area contributed by atoms with Gasteiger partial charge < -0.3 is 4.84 Å². The molecule has 4 heteroatoms. The monoisotopic (exact) mass is 240 g/mol. The Bertz CT molecular complexity index is 383. The van der Waals surface area contributed by atoms with Crippen molar-refractivity contribution in [3.05, 3.63) is 35.4 Å². The van der Waals surface area contributed by atoms with Gasteiger partial charge in [-0.15, -0.1) is 0 Å². The van der Waals surface area contributed by atoms with Crippen LogP contribution in [-0.2, 0) is 11.4 Å². The van der Waals surface area contributed by atoms with Gasteiger partial charge in [0.25, 0.3) is 6.43 Å². The normalized spacial score (nSPS) is 12.4. The number of halogens is 2. The predicted molar refractivity (Wildman–Crippen MR) is 63.1 cm³/mol. The van der Waals surface area contributed by atoms with E-state index in [1.165, 1.54) is 6.07 Å². The molecule has 0 spiro atoms. The smallest absolute Gasteiger partial charge is 0.264 e. The Hall–Kier alpha value is -1.45. The molecule has 0 N–H and O–H groups in total. The van der Waals surface area contributed by atoms with Crippen LogP contribution < -0.4 is 0 Å². The minimum absolute atomic E-state index is 0.0153. The fraction of sp³-hybridized carbons (Fsp3) is 0.462.